The molecule has 1 aromatic carbocycles. The summed E-state index contributed by atoms with van der Waals surface area (Å²) < 4.78 is 0.567. The zero-order chi connectivity index (χ0) is 19.4. The summed E-state index contributed by atoms with van der Waals surface area (Å²) in [6, 6.07) is 8.27. The molecule has 0 saturated heterocycles. The summed E-state index contributed by atoms with van der Waals surface area (Å²) in [5.74, 6) is -0.0116. The van der Waals surface area contributed by atoms with Gasteiger partial charge in [-0.2, -0.15) is 0 Å². The average Bonchev–Trinajstić information content (AvgIpc) is 3.11. The van der Waals surface area contributed by atoms with Crippen molar-refractivity contribution in [1.82, 2.24) is 20.2 Å². The minimum Gasteiger partial charge on any atom is -0.352 e. The number of aromatic amines is 1. The molecule has 7 nitrogen and oxygen atoms in total. The highest BCUT2D eigenvalue weighted by molar-refractivity contribution is 7.17. The number of thiophene rings is 1. The highest BCUT2D eigenvalue weighted by atomic mass is 35.5. The van der Waals surface area contributed by atoms with E-state index in [-0.39, 0.29) is 36.9 Å². The molecule has 0 aliphatic carbocycles. The normalized spacial score (nSPS) is 10.7. The Labute approximate surface area is 164 Å². The summed E-state index contributed by atoms with van der Waals surface area (Å²) >= 11 is 7.12. The Hall–Kier alpha value is -2.71. The number of hydrogen-bond acceptors (Lipinski definition) is 5. The Morgan fingerprint density at radius 3 is 2.74 bits per heavy atom. The molecule has 0 bridgehead atoms. The third-order valence-electron chi connectivity index (χ3n) is 3.91. The molecule has 0 radical (unpaired) electrons. The van der Waals surface area contributed by atoms with Crippen molar-refractivity contribution in [3.63, 3.8) is 0 Å². The third kappa shape index (κ3) is 4.72. The van der Waals surface area contributed by atoms with Crippen LogP contribution in [0.5, 0.6) is 0 Å². The van der Waals surface area contributed by atoms with Gasteiger partial charge in [0.25, 0.3) is 11.5 Å². The van der Waals surface area contributed by atoms with E-state index in [0.29, 0.717) is 26.6 Å². The van der Waals surface area contributed by atoms with Crippen LogP contribution < -0.4 is 10.9 Å². The van der Waals surface area contributed by atoms with Crippen molar-refractivity contribution >= 4 is 45.0 Å². The van der Waals surface area contributed by atoms with Gasteiger partial charge in [-0.15, -0.1) is 11.3 Å². The molecule has 27 heavy (non-hydrogen) atoms. The Morgan fingerprint density at radius 2 is 2.00 bits per heavy atom. The summed E-state index contributed by atoms with van der Waals surface area (Å²) in [6.07, 6.45) is 0.140. The van der Waals surface area contributed by atoms with Crippen LogP contribution in [0.25, 0.3) is 10.2 Å². The summed E-state index contributed by atoms with van der Waals surface area (Å²) in [7, 11) is 1.63. The largest absolute Gasteiger partial charge is 0.352 e. The fourth-order valence-electron chi connectivity index (χ4n) is 2.49. The van der Waals surface area contributed by atoms with Crippen LogP contribution in [-0.2, 0) is 11.3 Å². The van der Waals surface area contributed by atoms with E-state index in [1.54, 1.807) is 42.8 Å². The van der Waals surface area contributed by atoms with Gasteiger partial charge in [-0.05, 0) is 35.7 Å². The Balaban J connectivity index is 1.52. The number of benzene rings is 1. The second kappa shape index (κ2) is 8.32. The molecule has 9 heteroatoms. The first-order valence-electron chi connectivity index (χ1n) is 8.18. The zero-order valence-electron chi connectivity index (χ0n) is 14.5. The molecular formula is C18H17ClN4O3S. The van der Waals surface area contributed by atoms with E-state index in [9.17, 15) is 14.4 Å². The van der Waals surface area contributed by atoms with Gasteiger partial charge in [0.1, 0.15) is 10.5 Å². The van der Waals surface area contributed by atoms with E-state index in [1.807, 2.05) is 0 Å². The number of aromatic nitrogens is 2. The molecule has 140 valence electrons. The molecule has 0 saturated carbocycles. The van der Waals surface area contributed by atoms with E-state index in [2.05, 4.69) is 15.3 Å². The Kier molecular flexibility index (Phi) is 5.88. The van der Waals surface area contributed by atoms with Gasteiger partial charge in [0.05, 0.1) is 12.1 Å². The second-order valence-corrected chi connectivity index (χ2v) is 7.26. The van der Waals surface area contributed by atoms with E-state index in [4.69, 9.17) is 11.6 Å². The maximum absolute atomic E-state index is 12.2. The molecule has 0 aliphatic heterocycles. The highest BCUT2D eigenvalue weighted by Crippen LogP contribution is 2.14. The molecule has 0 unspecified atom stereocenters. The topological polar surface area (TPSA) is 95.2 Å². The second-order valence-electron chi connectivity index (χ2n) is 5.91. The molecule has 2 N–H and O–H groups in total. The monoisotopic (exact) mass is 404 g/mol. The SMILES string of the molecule is CN(Cc1nc2ccsc2c(=O)[nH]1)C(=O)CCNC(=O)c1ccc(Cl)cc1. The van der Waals surface area contributed by atoms with Crippen molar-refractivity contribution in [3.05, 3.63) is 62.5 Å². The van der Waals surface area contributed by atoms with Crippen LogP contribution in [0.1, 0.15) is 22.6 Å². The first-order chi connectivity index (χ1) is 12.9. The van der Waals surface area contributed by atoms with Crippen LogP contribution in [0.4, 0.5) is 0 Å². The molecular weight excluding hydrogens is 388 g/mol. The lowest BCUT2D eigenvalue weighted by Crippen LogP contribution is -2.32. The van der Waals surface area contributed by atoms with Crippen molar-refractivity contribution < 1.29 is 9.59 Å². The lowest BCUT2D eigenvalue weighted by atomic mass is 10.2. The summed E-state index contributed by atoms with van der Waals surface area (Å²) in [4.78, 5) is 44.7. The summed E-state index contributed by atoms with van der Waals surface area (Å²) in [5, 5.41) is 5.05. The van der Waals surface area contributed by atoms with Gasteiger partial charge in [-0.25, -0.2) is 4.98 Å². The van der Waals surface area contributed by atoms with Gasteiger partial charge in [-0.1, -0.05) is 11.6 Å². The molecule has 2 amide bonds. The van der Waals surface area contributed by atoms with Gasteiger partial charge in [0.15, 0.2) is 0 Å². The molecule has 0 spiro atoms. The lowest BCUT2D eigenvalue weighted by molar-refractivity contribution is -0.130. The predicted octanol–water partition coefficient (Wildman–Crippen LogP) is 2.42. The lowest BCUT2D eigenvalue weighted by Gasteiger charge is -2.16. The first kappa shape index (κ1) is 19.1. The summed E-state index contributed by atoms with van der Waals surface area (Å²) in [5.41, 5.74) is 0.891. The van der Waals surface area contributed by atoms with Crippen LogP contribution in [0.2, 0.25) is 5.02 Å². The van der Waals surface area contributed by atoms with Crippen LogP contribution >= 0.6 is 22.9 Å². The molecule has 2 heterocycles. The Bertz CT molecular complexity index is 1030. The number of nitrogens with zero attached hydrogens (tertiary/aromatic N) is 2. The molecule has 0 fully saturated rings. The quantitative estimate of drug-likeness (QED) is 0.659. The number of rotatable bonds is 6. The maximum Gasteiger partial charge on any atom is 0.268 e. The third-order valence-corrected chi connectivity index (χ3v) is 5.06. The molecule has 3 rings (SSSR count). The van der Waals surface area contributed by atoms with Crippen molar-refractivity contribution in [1.29, 1.82) is 0 Å². The summed E-state index contributed by atoms with van der Waals surface area (Å²) in [6.45, 7) is 0.392. The van der Waals surface area contributed by atoms with Crippen LogP contribution in [0.15, 0.2) is 40.5 Å². The number of amides is 2. The van der Waals surface area contributed by atoms with Crippen LogP contribution in [0.3, 0.4) is 0 Å². The maximum atomic E-state index is 12.2. The van der Waals surface area contributed by atoms with Gasteiger partial charge in [0.2, 0.25) is 5.91 Å². The highest BCUT2D eigenvalue weighted by Gasteiger charge is 2.13. The standard InChI is InChI=1S/C18H17ClN4O3S/c1-23(10-14-21-13-7-9-27-16(13)18(26)22-14)15(24)6-8-20-17(25)11-2-4-12(19)5-3-11/h2-5,7,9H,6,8,10H2,1H3,(H,20,25)(H,21,22,26). The van der Waals surface area contributed by atoms with Crippen LogP contribution in [-0.4, -0.2) is 40.3 Å². The fourth-order valence-corrected chi connectivity index (χ4v) is 3.34. The molecule has 0 aliphatic rings. The number of H-pyrrole nitrogens is 1. The molecule has 2 aromatic heterocycles. The Morgan fingerprint density at radius 1 is 1.26 bits per heavy atom. The minimum atomic E-state index is -0.268. The smallest absolute Gasteiger partial charge is 0.268 e. The molecule has 0 atom stereocenters. The zero-order valence-corrected chi connectivity index (χ0v) is 16.1. The van der Waals surface area contributed by atoms with E-state index in [0.717, 1.165) is 0 Å². The minimum absolute atomic E-state index is 0.140. The van der Waals surface area contributed by atoms with Crippen molar-refractivity contribution in [3.8, 4) is 0 Å². The average molecular weight is 405 g/mol. The number of fused-ring (bicyclic) bond motifs is 1. The van der Waals surface area contributed by atoms with Gasteiger partial charge in [-0.3, -0.25) is 14.4 Å². The van der Waals surface area contributed by atoms with E-state index >= 15 is 0 Å². The first-order valence-corrected chi connectivity index (χ1v) is 9.44. The van der Waals surface area contributed by atoms with Gasteiger partial charge in [0, 0.05) is 30.6 Å². The number of carbonyl (C=O) groups is 2. The number of halogens is 1. The van der Waals surface area contributed by atoms with Crippen molar-refractivity contribution in [2.75, 3.05) is 13.6 Å². The number of nitrogens with one attached hydrogen (secondary N) is 2. The van der Waals surface area contributed by atoms with E-state index in [1.165, 1.54) is 16.2 Å². The van der Waals surface area contributed by atoms with Crippen molar-refractivity contribution in [2.24, 2.45) is 0 Å². The van der Waals surface area contributed by atoms with Crippen molar-refractivity contribution in [2.45, 2.75) is 13.0 Å². The molecule has 3 aromatic rings. The van der Waals surface area contributed by atoms with E-state index < -0.39 is 0 Å². The van der Waals surface area contributed by atoms with Crippen LogP contribution in [0, 0.1) is 0 Å². The predicted molar refractivity (Wildman–Crippen MR) is 105 cm³/mol. The number of hydrogen-bond donors (Lipinski definition) is 2. The fraction of sp³-hybridized carbons (Fsp3) is 0.222. The van der Waals surface area contributed by atoms with Gasteiger partial charge >= 0.3 is 0 Å². The van der Waals surface area contributed by atoms with Gasteiger partial charge < -0.3 is 15.2 Å². The number of carbonyl (C=O) groups excluding carboxylic acids is 2.